The SMILES string of the molecule is O=C(NC1(C2CCCCC2)CC1)c1csc(C2CCN(CCC3CCCCC3)CC2)n1. The van der Waals surface area contributed by atoms with Crippen LogP contribution in [0.1, 0.15) is 118 Å². The molecule has 0 radical (unpaired) electrons. The maximum Gasteiger partial charge on any atom is 0.271 e. The topological polar surface area (TPSA) is 45.2 Å². The van der Waals surface area contributed by atoms with Crippen molar-refractivity contribution in [2.24, 2.45) is 11.8 Å². The van der Waals surface area contributed by atoms with Crippen molar-refractivity contribution >= 4 is 17.2 Å². The van der Waals surface area contributed by atoms with Gasteiger partial charge in [0.1, 0.15) is 5.69 Å². The fourth-order valence-electron chi connectivity index (χ4n) is 6.54. The molecule has 3 aliphatic carbocycles. The van der Waals surface area contributed by atoms with E-state index < -0.39 is 0 Å². The predicted molar refractivity (Wildman–Crippen MR) is 128 cm³/mol. The normalized spacial score (nSPS) is 26.1. The summed E-state index contributed by atoms with van der Waals surface area (Å²) in [4.78, 5) is 20.4. The Hall–Kier alpha value is -0.940. The summed E-state index contributed by atoms with van der Waals surface area (Å²) >= 11 is 1.71. The van der Waals surface area contributed by atoms with Crippen LogP contribution in [0.2, 0.25) is 0 Å². The van der Waals surface area contributed by atoms with Crippen molar-refractivity contribution in [3.63, 3.8) is 0 Å². The Morgan fingerprint density at radius 3 is 2.35 bits per heavy atom. The molecule has 4 nitrogen and oxygen atoms in total. The second kappa shape index (κ2) is 9.91. The molecule has 5 heteroatoms. The first-order valence-electron chi connectivity index (χ1n) is 13.2. The lowest BCUT2D eigenvalue weighted by Gasteiger charge is -2.32. The van der Waals surface area contributed by atoms with Crippen molar-refractivity contribution in [1.82, 2.24) is 15.2 Å². The third-order valence-corrected chi connectivity index (χ3v) is 9.81. The van der Waals surface area contributed by atoms with Crippen LogP contribution in [-0.2, 0) is 0 Å². The maximum atomic E-state index is 13.0. The minimum Gasteiger partial charge on any atom is -0.345 e. The molecule has 1 saturated heterocycles. The van der Waals surface area contributed by atoms with Gasteiger partial charge >= 0.3 is 0 Å². The molecule has 3 saturated carbocycles. The Morgan fingerprint density at radius 1 is 1.00 bits per heavy atom. The van der Waals surface area contributed by atoms with Crippen LogP contribution in [0.4, 0.5) is 0 Å². The Morgan fingerprint density at radius 2 is 1.68 bits per heavy atom. The number of hydrogen-bond donors (Lipinski definition) is 1. The van der Waals surface area contributed by atoms with Gasteiger partial charge in [-0.3, -0.25) is 4.79 Å². The number of thiazole rings is 1. The van der Waals surface area contributed by atoms with Crippen LogP contribution in [0.25, 0.3) is 0 Å². The second-order valence-electron chi connectivity index (χ2n) is 10.9. The fraction of sp³-hybridized carbons (Fsp3) is 0.846. The van der Waals surface area contributed by atoms with Gasteiger partial charge in [0, 0.05) is 16.8 Å². The number of carbonyl (C=O) groups is 1. The average Bonchev–Trinajstić information content (AvgIpc) is 3.43. The van der Waals surface area contributed by atoms with E-state index in [1.807, 2.05) is 5.38 Å². The molecule has 1 aromatic rings. The molecule has 0 unspecified atom stereocenters. The van der Waals surface area contributed by atoms with E-state index in [4.69, 9.17) is 4.98 Å². The van der Waals surface area contributed by atoms with Crippen LogP contribution < -0.4 is 5.32 Å². The summed E-state index contributed by atoms with van der Waals surface area (Å²) in [5, 5.41) is 6.63. The number of likely N-dealkylation sites (tertiary alicyclic amines) is 1. The first kappa shape index (κ1) is 21.9. The van der Waals surface area contributed by atoms with E-state index in [1.54, 1.807) is 11.3 Å². The monoisotopic (exact) mass is 443 g/mol. The van der Waals surface area contributed by atoms with Crippen LogP contribution >= 0.6 is 11.3 Å². The van der Waals surface area contributed by atoms with E-state index in [0.29, 0.717) is 17.5 Å². The summed E-state index contributed by atoms with van der Waals surface area (Å²) in [5.74, 6) is 2.30. The van der Waals surface area contributed by atoms with Crippen molar-refractivity contribution in [3.8, 4) is 0 Å². The number of nitrogens with zero attached hydrogens (tertiary/aromatic N) is 2. The number of rotatable bonds is 7. The Kier molecular flexibility index (Phi) is 6.99. The lowest BCUT2D eigenvalue weighted by Crippen LogP contribution is -2.43. The Bertz CT molecular complexity index is 723. The highest BCUT2D eigenvalue weighted by Gasteiger charge is 2.50. The van der Waals surface area contributed by atoms with Crippen LogP contribution in [0.3, 0.4) is 0 Å². The lowest BCUT2D eigenvalue weighted by molar-refractivity contribution is 0.0897. The standard InChI is InChI=1S/C26H41N3OS/c30-24(28-26(14-15-26)22-9-5-2-6-10-22)23-19-31-25(27-23)21-12-17-29(18-13-21)16-11-20-7-3-1-4-8-20/h19-22H,1-18H2,(H,28,30). The number of aromatic nitrogens is 1. The van der Waals surface area contributed by atoms with E-state index in [1.165, 1.54) is 121 Å². The van der Waals surface area contributed by atoms with Crippen molar-refractivity contribution in [2.45, 2.75) is 108 Å². The number of nitrogens with one attached hydrogen (secondary N) is 1. The summed E-state index contributed by atoms with van der Waals surface area (Å²) in [5.41, 5.74) is 0.770. The van der Waals surface area contributed by atoms with E-state index in [0.717, 1.165) is 5.92 Å². The highest BCUT2D eigenvalue weighted by Crippen LogP contribution is 2.48. The summed E-state index contributed by atoms with van der Waals surface area (Å²) < 4.78 is 0. The molecule has 0 atom stereocenters. The molecule has 0 bridgehead atoms. The van der Waals surface area contributed by atoms with Crippen LogP contribution in [0.15, 0.2) is 5.38 Å². The summed E-state index contributed by atoms with van der Waals surface area (Å²) in [6, 6.07) is 0. The Labute approximate surface area is 192 Å². The molecule has 172 valence electrons. The first-order chi connectivity index (χ1) is 15.2. The van der Waals surface area contributed by atoms with Crippen molar-refractivity contribution in [1.29, 1.82) is 0 Å². The molecule has 0 spiro atoms. The molecular formula is C26H41N3OS. The summed E-state index contributed by atoms with van der Waals surface area (Å²) in [7, 11) is 0. The van der Waals surface area contributed by atoms with Crippen LogP contribution in [0, 0.1) is 11.8 Å². The third-order valence-electron chi connectivity index (χ3n) is 8.81. The summed E-state index contributed by atoms with van der Waals surface area (Å²) in [6.45, 7) is 3.68. The number of amides is 1. The Balaban J connectivity index is 1.09. The predicted octanol–water partition coefficient (Wildman–Crippen LogP) is 6.14. The van der Waals surface area contributed by atoms with Crippen LogP contribution in [-0.4, -0.2) is 41.0 Å². The minimum absolute atomic E-state index is 0.0792. The molecule has 1 aromatic heterocycles. The molecule has 5 rings (SSSR count). The van der Waals surface area contributed by atoms with Gasteiger partial charge in [0.05, 0.1) is 5.01 Å². The van der Waals surface area contributed by atoms with E-state index >= 15 is 0 Å². The van der Waals surface area contributed by atoms with Crippen molar-refractivity contribution in [2.75, 3.05) is 19.6 Å². The molecule has 1 aliphatic heterocycles. The highest BCUT2D eigenvalue weighted by atomic mass is 32.1. The summed E-state index contributed by atoms with van der Waals surface area (Å²) in [6.07, 6.45) is 20.0. The molecule has 31 heavy (non-hydrogen) atoms. The molecule has 0 aromatic carbocycles. The number of hydrogen-bond acceptors (Lipinski definition) is 4. The maximum absolute atomic E-state index is 13.0. The molecular weight excluding hydrogens is 402 g/mol. The highest BCUT2D eigenvalue weighted by molar-refractivity contribution is 7.09. The lowest BCUT2D eigenvalue weighted by atomic mass is 9.82. The molecule has 4 fully saturated rings. The zero-order valence-electron chi connectivity index (χ0n) is 19.2. The molecule has 2 heterocycles. The van der Waals surface area contributed by atoms with E-state index in [-0.39, 0.29) is 11.4 Å². The second-order valence-corrected chi connectivity index (χ2v) is 11.8. The molecule has 4 aliphatic rings. The first-order valence-corrected chi connectivity index (χ1v) is 14.1. The van der Waals surface area contributed by atoms with E-state index in [2.05, 4.69) is 10.2 Å². The van der Waals surface area contributed by atoms with Gasteiger partial charge in [0.15, 0.2) is 0 Å². The van der Waals surface area contributed by atoms with Gasteiger partial charge in [-0.05, 0) is 76.4 Å². The van der Waals surface area contributed by atoms with Gasteiger partial charge in [-0.2, -0.15) is 0 Å². The van der Waals surface area contributed by atoms with Crippen LogP contribution in [0.5, 0.6) is 0 Å². The van der Waals surface area contributed by atoms with Crippen molar-refractivity contribution in [3.05, 3.63) is 16.1 Å². The molecule has 1 N–H and O–H groups in total. The van der Waals surface area contributed by atoms with Gasteiger partial charge < -0.3 is 10.2 Å². The zero-order valence-corrected chi connectivity index (χ0v) is 20.1. The quantitative estimate of drug-likeness (QED) is 0.551. The zero-order chi connectivity index (χ0) is 21.1. The number of carbonyl (C=O) groups excluding carboxylic acids is 1. The fourth-order valence-corrected chi connectivity index (χ4v) is 7.51. The van der Waals surface area contributed by atoms with Gasteiger partial charge in [0.25, 0.3) is 5.91 Å². The third kappa shape index (κ3) is 5.35. The van der Waals surface area contributed by atoms with Gasteiger partial charge in [-0.25, -0.2) is 4.98 Å². The average molecular weight is 444 g/mol. The van der Waals surface area contributed by atoms with E-state index in [9.17, 15) is 4.79 Å². The molecule has 1 amide bonds. The largest absolute Gasteiger partial charge is 0.345 e. The van der Waals surface area contributed by atoms with Gasteiger partial charge in [-0.15, -0.1) is 11.3 Å². The smallest absolute Gasteiger partial charge is 0.271 e. The van der Waals surface area contributed by atoms with Gasteiger partial charge in [0.2, 0.25) is 0 Å². The van der Waals surface area contributed by atoms with Crippen molar-refractivity contribution < 1.29 is 4.79 Å². The van der Waals surface area contributed by atoms with Gasteiger partial charge in [-0.1, -0.05) is 51.4 Å². The minimum atomic E-state index is 0.0792. The number of piperidine rings is 1.